The zero-order valence-corrected chi connectivity index (χ0v) is 20.2. The highest BCUT2D eigenvalue weighted by molar-refractivity contribution is 5.53. The Morgan fingerprint density at radius 2 is 1.78 bits per heavy atom. The van der Waals surface area contributed by atoms with Crippen LogP contribution in [0.1, 0.15) is 48.4 Å². The molecule has 2 aliphatic heterocycles. The zero-order valence-electron chi connectivity index (χ0n) is 20.2. The Morgan fingerprint density at radius 1 is 1.00 bits per heavy atom. The van der Waals surface area contributed by atoms with Gasteiger partial charge in [-0.15, -0.1) is 0 Å². The summed E-state index contributed by atoms with van der Waals surface area (Å²) in [5, 5.41) is 3.03. The number of halogens is 4. The van der Waals surface area contributed by atoms with E-state index in [9.17, 15) is 13.2 Å². The molecule has 3 aromatic rings. The number of alkyl halides is 3. The minimum Gasteiger partial charge on any atom is -0.491 e. The second-order valence-corrected chi connectivity index (χ2v) is 9.27. The van der Waals surface area contributed by atoms with Gasteiger partial charge in [-0.3, -0.25) is 0 Å². The molecule has 2 aliphatic rings. The number of benzene rings is 2. The number of ether oxygens (including phenoxy) is 2. The van der Waals surface area contributed by atoms with Crippen molar-refractivity contribution in [3.8, 4) is 5.75 Å². The van der Waals surface area contributed by atoms with Crippen molar-refractivity contribution in [2.24, 2.45) is 0 Å². The summed E-state index contributed by atoms with van der Waals surface area (Å²) >= 11 is 0. The third-order valence-electron chi connectivity index (χ3n) is 6.76. The molecule has 0 saturated carbocycles. The molecule has 2 saturated heterocycles. The molecule has 0 aliphatic carbocycles. The monoisotopic (exact) mass is 516 g/mol. The average molecular weight is 517 g/mol. The van der Waals surface area contributed by atoms with Crippen LogP contribution in [0.15, 0.2) is 54.9 Å². The van der Waals surface area contributed by atoms with Gasteiger partial charge in [0, 0.05) is 19.7 Å². The van der Waals surface area contributed by atoms with Crippen LogP contribution in [0.25, 0.3) is 0 Å². The number of nitrogens with one attached hydrogen (secondary N) is 1. The van der Waals surface area contributed by atoms with Crippen LogP contribution < -0.4 is 15.0 Å². The summed E-state index contributed by atoms with van der Waals surface area (Å²) in [7, 11) is 0. The van der Waals surface area contributed by atoms with Crippen LogP contribution in [-0.4, -0.2) is 35.8 Å². The Hall–Kier alpha value is -3.40. The van der Waals surface area contributed by atoms with E-state index in [0.29, 0.717) is 31.7 Å². The van der Waals surface area contributed by atoms with E-state index < -0.39 is 17.6 Å². The maximum absolute atomic E-state index is 15.4. The summed E-state index contributed by atoms with van der Waals surface area (Å²) in [4.78, 5) is 10.0. The molecule has 0 radical (unpaired) electrons. The number of hydrogen-bond acceptors (Lipinski definition) is 6. The van der Waals surface area contributed by atoms with Crippen LogP contribution in [0.4, 0.5) is 29.2 Å². The first-order valence-corrected chi connectivity index (χ1v) is 12.4. The molecule has 0 bridgehead atoms. The lowest BCUT2D eigenvalue weighted by Crippen LogP contribution is -2.25. The molecule has 1 aromatic heterocycles. The fraction of sp³-hybridized carbons (Fsp3) is 0.407. The highest BCUT2D eigenvalue weighted by atomic mass is 19.4. The van der Waals surface area contributed by atoms with Crippen LogP contribution in [-0.2, 0) is 17.5 Å². The molecule has 196 valence electrons. The van der Waals surface area contributed by atoms with E-state index in [4.69, 9.17) is 9.47 Å². The van der Waals surface area contributed by atoms with Crippen molar-refractivity contribution in [3.05, 3.63) is 77.4 Å². The van der Waals surface area contributed by atoms with Crippen molar-refractivity contribution in [2.45, 2.75) is 50.6 Å². The van der Waals surface area contributed by atoms with Crippen molar-refractivity contribution in [1.29, 1.82) is 0 Å². The van der Waals surface area contributed by atoms with Crippen LogP contribution in [0.3, 0.4) is 0 Å². The van der Waals surface area contributed by atoms with Gasteiger partial charge in [-0.1, -0.05) is 24.3 Å². The van der Waals surface area contributed by atoms with Gasteiger partial charge in [0.05, 0.1) is 17.7 Å². The molecule has 6 nitrogen and oxygen atoms in total. The van der Waals surface area contributed by atoms with Gasteiger partial charge in [0.25, 0.3) is 0 Å². The summed E-state index contributed by atoms with van der Waals surface area (Å²) in [6.45, 7) is 2.21. The molecular weight excluding hydrogens is 488 g/mol. The number of rotatable bonds is 8. The number of hydrogen-bond donors (Lipinski definition) is 1. The van der Waals surface area contributed by atoms with E-state index in [1.807, 2.05) is 24.3 Å². The lowest BCUT2D eigenvalue weighted by molar-refractivity contribution is -0.137. The Morgan fingerprint density at radius 3 is 2.49 bits per heavy atom. The fourth-order valence-corrected chi connectivity index (χ4v) is 4.80. The third kappa shape index (κ3) is 5.95. The molecule has 1 N–H and O–H groups in total. The Bertz CT molecular complexity index is 1180. The largest absolute Gasteiger partial charge is 0.491 e. The molecule has 10 heteroatoms. The van der Waals surface area contributed by atoms with Gasteiger partial charge in [-0.2, -0.15) is 17.6 Å². The second kappa shape index (κ2) is 10.9. The smallest absolute Gasteiger partial charge is 0.416 e. The van der Waals surface area contributed by atoms with E-state index in [0.717, 1.165) is 49.3 Å². The summed E-state index contributed by atoms with van der Waals surface area (Å²) in [5.41, 5.74) is 0.913. The van der Waals surface area contributed by atoms with Gasteiger partial charge < -0.3 is 19.7 Å². The van der Waals surface area contributed by atoms with Gasteiger partial charge in [0.2, 0.25) is 5.82 Å². The molecule has 0 amide bonds. The van der Waals surface area contributed by atoms with Crippen molar-refractivity contribution < 1.29 is 27.0 Å². The van der Waals surface area contributed by atoms with E-state index in [1.54, 1.807) is 4.90 Å². The molecule has 5 rings (SSSR count). The fourth-order valence-electron chi connectivity index (χ4n) is 4.80. The average Bonchev–Trinajstić information content (AvgIpc) is 3.60. The van der Waals surface area contributed by atoms with Gasteiger partial charge in [-0.25, -0.2) is 9.97 Å². The third-order valence-corrected chi connectivity index (χ3v) is 6.76. The number of anilines is 2. The molecular formula is C27H28F4N4O2. The highest BCUT2D eigenvalue weighted by Crippen LogP contribution is 2.38. The SMILES string of the molecule is Fc1c(NCc2ccc(OCC3CCCO3)cc2)ncnc1N1CCCC1c1ccc(C(F)(F)F)cc1. The van der Waals surface area contributed by atoms with Gasteiger partial charge in [-0.05, 0) is 61.1 Å². The van der Waals surface area contributed by atoms with Crippen molar-refractivity contribution in [1.82, 2.24) is 9.97 Å². The first-order chi connectivity index (χ1) is 17.9. The molecule has 2 fully saturated rings. The van der Waals surface area contributed by atoms with Gasteiger partial charge >= 0.3 is 6.18 Å². The van der Waals surface area contributed by atoms with Gasteiger partial charge in [0.15, 0.2) is 11.6 Å². The molecule has 3 heterocycles. The topological polar surface area (TPSA) is 59.5 Å². The normalized spacial score (nSPS) is 19.8. The molecule has 2 atom stereocenters. The maximum atomic E-state index is 15.4. The minimum atomic E-state index is -4.40. The molecule has 0 spiro atoms. The Labute approximate surface area is 212 Å². The predicted molar refractivity (Wildman–Crippen MR) is 131 cm³/mol. The summed E-state index contributed by atoms with van der Waals surface area (Å²) in [5.74, 6) is 0.371. The van der Waals surface area contributed by atoms with Crippen LogP contribution >= 0.6 is 0 Å². The van der Waals surface area contributed by atoms with Crippen LogP contribution in [0, 0.1) is 5.82 Å². The minimum absolute atomic E-state index is 0.0711. The number of aromatic nitrogens is 2. The lowest BCUT2D eigenvalue weighted by Gasteiger charge is -2.27. The highest BCUT2D eigenvalue weighted by Gasteiger charge is 2.33. The molecule has 37 heavy (non-hydrogen) atoms. The zero-order chi connectivity index (χ0) is 25.8. The van der Waals surface area contributed by atoms with Crippen LogP contribution in [0.2, 0.25) is 0 Å². The van der Waals surface area contributed by atoms with Crippen molar-refractivity contribution in [3.63, 3.8) is 0 Å². The Kier molecular flexibility index (Phi) is 7.45. The van der Waals surface area contributed by atoms with Crippen molar-refractivity contribution in [2.75, 3.05) is 30.0 Å². The molecule has 2 unspecified atom stereocenters. The standard InChI is InChI=1S/C27H28F4N4O2/c28-24-25(32-15-18-5-11-21(12-6-18)37-16-22-3-2-14-36-22)33-17-34-26(24)35-13-1-4-23(35)19-7-9-20(10-8-19)27(29,30)31/h5-12,17,22-23H,1-4,13-16H2,(H,32,33,34). The first kappa shape index (κ1) is 25.3. The molecule has 2 aromatic carbocycles. The van der Waals surface area contributed by atoms with Crippen molar-refractivity contribution >= 4 is 11.6 Å². The summed E-state index contributed by atoms with van der Waals surface area (Å²) < 4.78 is 65.6. The quantitative estimate of drug-likeness (QED) is 0.363. The van der Waals surface area contributed by atoms with E-state index in [2.05, 4.69) is 15.3 Å². The first-order valence-electron chi connectivity index (χ1n) is 12.4. The Balaban J connectivity index is 1.23. The predicted octanol–water partition coefficient (Wildman–Crippen LogP) is 6.15. The van der Waals surface area contributed by atoms with E-state index in [-0.39, 0.29) is 23.8 Å². The lowest BCUT2D eigenvalue weighted by atomic mass is 10.0. The van der Waals surface area contributed by atoms with E-state index in [1.165, 1.54) is 18.5 Å². The summed E-state index contributed by atoms with van der Waals surface area (Å²) in [6.07, 6.45) is 0.587. The van der Waals surface area contributed by atoms with E-state index >= 15 is 4.39 Å². The second-order valence-electron chi connectivity index (χ2n) is 9.27. The maximum Gasteiger partial charge on any atom is 0.416 e. The van der Waals surface area contributed by atoms with Crippen LogP contribution in [0.5, 0.6) is 5.75 Å². The summed E-state index contributed by atoms with van der Waals surface area (Å²) in [6, 6.07) is 12.3. The van der Waals surface area contributed by atoms with Gasteiger partial charge in [0.1, 0.15) is 18.7 Å². The number of nitrogens with zero attached hydrogens (tertiary/aromatic N) is 3.